The van der Waals surface area contributed by atoms with Gasteiger partial charge in [0.25, 0.3) is 5.91 Å². The molecule has 2 aromatic carbocycles. The van der Waals surface area contributed by atoms with Crippen LogP contribution in [0.3, 0.4) is 0 Å². The molecule has 0 unspecified atom stereocenters. The molecule has 6 heteroatoms. The van der Waals surface area contributed by atoms with Crippen molar-refractivity contribution in [2.24, 2.45) is 0 Å². The first kappa shape index (κ1) is 18.4. The van der Waals surface area contributed by atoms with E-state index in [1.165, 1.54) is 31.2 Å². The van der Waals surface area contributed by atoms with Crippen molar-refractivity contribution in [3.63, 3.8) is 0 Å². The Labute approximate surface area is 145 Å². The van der Waals surface area contributed by atoms with E-state index in [2.05, 4.69) is 5.32 Å². The third-order valence-electron chi connectivity index (χ3n) is 3.45. The minimum Gasteiger partial charge on any atom is -0.493 e. The SMILES string of the molecule is Cc1ccccc1OCCC(=O)O[C@@H](C)C(=O)Nc1ccc(F)cc1. The summed E-state index contributed by atoms with van der Waals surface area (Å²) in [5.41, 5.74) is 1.40. The van der Waals surface area contributed by atoms with Gasteiger partial charge in [0, 0.05) is 5.69 Å². The second-order valence-corrected chi connectivity index (χ2v) is 5.49. The van der Waals surface area contributed by atoms with Gasteiger partial charge in [0.1, 0.15) is 11.6 Å². The summed E-state index contributed by atoms with van der Waals surface area (Å²) in [6, 6.07) is 12.8. The zero-order chi connectivity index (χ0) is 18.2. The maximum absolute atomic E-state index is 12.8. The van der Waals surface area contributed by atoms with Gasteiger partial charge in [-0.3, -0.25) is 9.59 Å². The first-order chi connectivity index (χ1) is 12.0. The molecule has 0 fully saturated rings. The summed E-state index contributed by atoms with van der Waals surface area (Å²) < 4.78 is 23.4. The monoisotopic (exact) mass is 345 g/mol. The largest absolute Gasteiger partial charge is 0.493 e. The molecule has 0 heterocycles. The van der Waals surface area contributed by atoms with E-state index in [0.29, 0.717) is 11.4 Å². The highest BCUT2D eigenvalue weighted by atomic mass is 19.1. The van der Waals surface area contributed by atoms with Gasteiger partial charge in [-0.2, -0.15) is 0 Å². The van der Waals surface area contributed by atoms with Crippen molar-refractivity contribution < 1.29 is 23.5 Å². The van der Waals surface area contributed by atoms with Gasteiger partial charge >= 0.3 is 5.97 Å². The molecule has 1 N–H and O–H groups in total. The Morgan fingerprint density at radius 1 is 1.12 bits per heavy atom. The fraction of sp³-hybridized carbons (Fsp3) is 0.263. The minimum atomic E-state index is -0.962. The highest BCUT2D eigenvalue weighted by Crippen LogP contribution is 2.16. The Hall–Kier alpha value is -2.89. The molecule has 132 valence electrons. The van der Waals surface area contributed by atoms with Crippen molar-refractivity contribution in [3.05, 3.63) is 59.9 Å². The number of ether oxygens (including phenoxy) is 2. The van der Waals surface area contributed by atoms with Gasteiger partial charge in [-0.25, -0.2) is 4.39 Å². The van der Waals surface area contributed by atoms with Crippen molar-refractivity contribution in [1.82, 2.24) is 0 Å². The Balaban J connectivity index is 1.74. The van der Waals surface area contributed by atoms with Gasteiger partial charge in [-0.1, -0.05) is 18.2 Å². The zero-order valence-corrected chi connectivity index (χ0v) is 14.1. The first-order valence-electron chi connectivity index (χ1n) is 7.90. The molecule has 0 spiro atoms. The molecule has 5 nitrogen and oxygen atoms in total. The number of hydrogen-bond donors (Lipinski definition) is 1. The summed E-state index contributed by atoms with van der Waals surface area (Å²) in [5.74, 6) is -0.710. The predicted octanol–water partition coefficient (Wildman–Crippen LogP) is 3.47. The number of rotatable bonds is 7. The van der Waals surface area contributed by atoms with Crippen molar-refractivity contribution in [2.45, 2.75) is 26.4 Å². The molecule has 1 atom stereocenters. The molecule has 1 amide bonds. The first-order valence-corrected chi connectivity index (χ1v) is 7.90. The van der Waals surface area contributed by atoms with Crippen LogP contribution in [0.1, 0.15) is 18.9 Å². The highest BCUT2D eigenvalue weighted by molar-refractivity contribution is 5.95. The normalized spacial score (nSPS) is 11.5. The van der Waals surface area contributed by atoms with Gasteiger partial charge in [0.15, 0.2) is 6.10 Å². The number of anilines is 1. The van der Waals surface area contributed by atoms with Crippen molar-refractivity contribution in [1.29, 1.82) is 0 Å². The molecule has 0 aromatic heterocycles. The maximum Gasteiger partial charge on any atom is 0.310 e. The lowest BCUT2D eigenvalue weighted by Crippen LogP contribution is -2.30. The number of carbonyl (C=O) groups is 2. The van der Waals surface area contributed by atoms with E-state index in [1.54, 1.807) is 0 Å². The van der Waals surface area contributed by atoms with Crippen LogP contribution in [0.5, 0.6) is 5.75 Å². The molecule has 0 aliphatic heterocycles. The summed E-state index contributed by atoms with van der Waals surface area (Å²) in [4.78, 5) is 23.8. The fourth-order valence-electron chi connectivity index (χ4n) is 2.05. The van der Waals surface area contributed by atoms with Gasteiger partial charge < -0.3 is 14.8 Å². The number of amides is 1. The van der Waals surface area contributed by atoms with Gasteiger partial charge in [-0.05, 0) is 49.7 Å². The van der Waals surface area contributed by atoms with E-state index in [9.17, 15) is 14.0 Å². The van der Waals surface area contributed by atoms with Crippen LogP contribution in [-0.4, -0.2) is 24.6 Å². The summed E-state index contributed by atoms with van der Waals surface area (Å²) in [6.45, 7) is 3.55. The maximum atomic E-state index is 12.8. The molecular weight excluding hydrogens is 325 g/mol. The second-order valence-electron chi connectivity index (χ2n) is 5.49. The summed E-state index contributed by atoms with van der Waals surface area (Å²) in [6.07, 6.45) is -0.932. The number of aryl methyl sites for hydroxylation is 1. The van der Waals surface area contributed by atoms with Gasteiger partial charge in [0.2, 0.25) is 0 Å². The Morgan fingerprint density at radius 3 is 2.48 bits per heavy atom. The van der Waals surface area contributed by atoms with E-state index in [-0.39, 0.29) is 13.0 Å². The smallest absolute Gasteiger partial charge is 0.310 e. The number of para-hydroxylation sites is 1. The minimum absolute atomic E-state index is 0.0303. The molecule has 0 saturated heterocycles. The Bertz CT molecular complexity index is 730. The van der Waals surface area contributed by atoms with Crippen molar-refractivity contribution >= 4 is 17.6 Å². The van der Waals surface area contributed by atoms with E-state index >= 15 is 0 Å². The zero-order valence-electron chi connectivity index (χ0n) is 14.1. The Morgan fingerprint density at radius 2 is 1.80 bits per heavy atom. The third kappa shape index (κ3) is 5.91. The summed E-state index contributed by atoms with van der Waals surface area (Å²) in [7, 11) is 0. The van der Waals surface area contributed by atoms with Crippen LogP contribution in [0.25, 0.3) is 0 Å². The number of halogens is 1. The predicted molar refractivity (Wildman–Crippen MR) is 91.9 cm³/mol. The molecule has 2 rings (SSSR count). The topological polar surface area (TPSA) is 64.6 Å². The van der Waals surface area contributed by atoms with Crippen molar-refractivity contribution in [3.8, 4) is 5.75 Å². The standard InChI is InChI=1S/C19H20FNO4/c1-13-5-3-4-6-17(13)24-12-11-18(22)25-14(2)19(23)21-16-9-7-15(20)8-10-16/h3-10,14H,11-12H2,1-2H3,(H,21,23)/t14-/m0/s1. The van der Waals surface area contributed by atoms with E-state index in [1.807, 2.05) is 31.2 Å². The molecule has 0 saturated carbocycles. The van der Waals surface area contributed by atoms with Crippen LogP contribution < -0.4 is 10.1 Å². The number of esters is 1. The summed E-state index contributed by atoms with van der Waals surface area (Å²) >= 11 is 0. The lowest BCUT2D eigenvalue weighted by atomic mass is 10.2. The van der Waals surface area contributed by atoms with E-state index in [4.69, 9.17) is 9.47 Å². The van der Waals surface area contributed by atoms with Gasteiger partial charge in [-0.15, -0.1) is 0 Å². The molecule has 2 aromatic rings. The number of nitrogens with one attached hydrogen (secondary N) is 1. The average molecular weight is 345 g/mol. The van der Waals surface area contributed by atoms with Crippen LogP contribution in [-0.2, 0) is 14.3 Å². The van der Waals surface area contributed by atoms with Gasteiger partial charge in [0.05, 0.1) is 13.0 Å². The molecule has 0 aliphatic rings. The molecule has 0 bridgehead atoms. The molecule has 0 aliphatic carbocycles. The van der Waals surface area contributed by atoms with E-state index < -0.39 is 23.8 Å². The van der Waals surface area contributed by atoms with Crippen LogP contribution in [0, 0.1) is 12.7 Å². The molecular formula is C19H20FNO4. The highest BCUT2D eigenvalue weighted by Gasteiger charge is 2.18. The van der Waals surface area contributed by atoms with Crippen LogP contribution >= 0.6 is 0 Å². The van der Waals surface area contributed by atoms with Crippen molar-refractivity contribution in [2.75, 3.05) is 11.9 Å². The fourth-order valence-corrected chi connectivity index (χ4v) is 2.05. The average Bonchev–Trinajstić information content (AvgIpc) is 2.58. The number of carbonyl (C=O) groups excluding carboxylic acids is 2. The van der Waals surface area contributed by atoms with Crippen LogP contribution in [0.2, 0.25) is 0 Å². The quantitative estimate of drug-likeness (QED) is 0.781. The molecule has 25 heavy (non-hydrogen) atoms. The lowest BCUT2D eigenvalue weighted by molar-refractivity contribution is -0.153. The summed E-state index contributed by atoms with van der Waals surface area (Å²) in [5, 5.41) is 2.55. The van der Waals surface area contributed by atoms with Crippen LogP contribution in [0.15, 0.2) is 48.5 Å². The van der Waals surface area contributed by atoms with E-state index in [0.717, 1.165) is 5.56 Å². The third-order valence-corrected chi connectivity index (χ3v) is 3.45. The molecule has 0 radical (unpaired) electrons. The Kier molecular flexibility index (Phi) is 6.51. The lowest BCUT2D eigenvalue weighted by Gasteiger charge is -2.14. The number of benzene rings is 2. The second kappa shape index (κ2) is 8.82. The number of hydrogen-bond acceptors (Lipinski definition) is 4. The van der Waals surface area contributed by atoms with Crippen LogP contribution in [0.4, 0.5) is 10.1 Å².